The number of hydrogen-bond donors (Lipinski definition) is 2. The Bertz CT molecular complexity index is 459. The van der Waals surface area contributed by atoms with Gasteiger partial charge in [0.05, 0.1) is 0 Å². The Morgan fingerprint density at radius 1 is 1.31 bits per heavy atom. The fourth-order valence-electron chi connectivity index (χ4n) is 1.68. The van der Waals surface area contributed by atoms with E-state index in [0.717, 1.165) is 12.8 Å². The second-order valence-corrected chi connectivity index (χ2v) is 4.55. The summed E-state index contributed by atoms with van der Waals surface area (Å²) in [5, 5.41) is 0. The number of nitrogens with one attached hydrogen (secondary N) is 1. The first-order chi connectivity index (χ1) is 7.41. The highest BCUT2D eigenvalue weighted by molar-refractivity contribution is 5.26. The summed E-state index contributed by atoms with van der Waals surface area (Å²) in [7, 11) is 0. The third-order valence-corrected chi connectivity index (χ3v) is 2.61. The van der Waals surface area contributed by atoms with Crippen molar-refractivity contribution in [2.24, 2.45) is 5.92 Å². The summed E-state index contributed by atoms with van der Waals surface area (Å²) in [4.78, 5) is 24.8. The summed E-state index contributed by atoms with van der Waals surface area (Å²) in [5.74, 6) is 0.812. The second-order valence-electron chi connectivity index (χ2n) is 4.55. The quantitative estimate of drug-likeness (QED) is 0.805. The van der Waals surface area contributed by atoms with Crippen LogP contribution in [0.4, 0.5) is 5.82 Å². The van der Waals surface area contributed by atoms with Crippen LogP contribution in [0, 0.1) is 5.92 Å². The van der Waals surface area contributed by atoms with Gasteiger partial charge < -0.3 is 5.73 Å². The van der Waals surface area contributed by atoms with Crippen molar-refractivity contribution in [1.82, 2.24) is 9.55 Å². The van der Waals surface area contributed by atoms with E-state index in [1.54, 1.807) is 0 Å². The minimum atomic E-state index is -0.449. The number of nitrogens with zero attached hydrogens (tertiary/aromatic N) is 1. The van der Waals surface area contributed by atoms with Gasteiger partial charge in [-0.15, -0.1) is 0 Å². The summed E-state index contributed by atoms with van der Waals surface area (Å²) in [6, 6.07) is 1.25. The molecule has 1 aromatic heterocycles. The molecule has 0 amide bonds. The maximum atomic E-state index is 11.6. The van der Waals surface area contributed by atoms with Crippen LogP contribution in [0.5, 0.6) is 0 Å². The summed E-state index contributed by atoms with van der Waals surface area (Å²) in [5.41, 5.74) is 4.79. The van der Waals surface area contributed by atoms with E-state index in [0.29, 0.717) is 5.92 Å². The van der Waals surface area contributed by atoms with E-state index in [4.69, 9.17) is 5.73 Å². The van der Waals surface area contributed by atoms with Gasteiger partial charge in [0.15, 0.2) is 0 Å². The average molecular weight is 225 g/mol. The molecule has 1 heterocycles. The number of H-pyrrole nitrogens is 1. The Morgan fingerprint density at radius 2 is 1.94 bits per heavy atom. The number of aromatic amines is 1. The SMILES string of the molecule is CC(C)CCC(C)n1c(N)cc(=O)[nH]c1=O. The van der Waals surface area contributed by atoms with E-state index in [-0.39, 0.29) is 11.9 Å². The van der Waals surface area contributed by atoms with Gasteiger partial charge in [-0.25, -0.2) is 4.79 Å². The molecule has 1 rings (SSSR count). The predicted octanol–water partition coefficient (Wildman–Crippen LogP) is 1.12. The van der Waals surface area contributed by atoms with Crippen LogP contribution in [0.2, 0.25) is 0 Å². The number of hydrogen-bond acceptors (Lipinski definition) is 3. The Hall–Kier alpha value is -1.52. The number of aromatic nitrogens is 2. The van der Waals surface area contributed by atoms with E-state index < -0.39 is 11.2 Å². The van der Waals surface area contributed by atoms with Gasteiger partial charge in [-0.1, -0.05) is 13.8 Å². The van der Waals surface area contributed by atoms with Crippen molar-refractivity contribution in [1.29, 1.82) is 0 Å². The highest BCUT2D eigenvalue weighted by atomic mass is 16.2. The smallest absolute Gasteiger partial charge is 0.330 e. The van der Waals surface area contributed by atoms with Gasteiger partial charge in [0.2, 0.25) is 0 Å². The van der Waals surface area contributed by atoms with Crippen LogP contribution in [0.25, 0.3) is 0 Å². The van der Waals surface area contributed by atoms with Crippen LogP contribution in [-0.2, 0) is 0 Å². The van der Waals surface area contributed by atoms with Gasteiger partial charge in [0.1, 0.15) is 5.82 Å². The molecule has 0 aliphatic rings. The van der Waals surface area contributed by atoms with Crippen LogP contribution in [-0.4, -0.2) is 9.55 Å². The largest absolute Gasteiger partial charge is 0.385 e. The van der Waals surface area contributed by atoms with Crippen LogP contribution >= 0.6 is 0 Å². The van der Waals surface area contributed by atoms with Crippen molar-refractivity contribution in [3.63, 3.8) is 0 Å². The van der Waals surface area contributed by atoms with Crippen molar-refractivity contribution in [3.8, 4) is 0 Å². The predicted molar refractivity (Wildman–Crippen MR) is 64.5 cm³/mol. The van der Waals surface area contributed by atoms with E-state index in [9.17, 15) is 9.59 Å². The summed E-state index contributed by atoms with van der Waals surface area (Å²) in [6.45, 7) is 6.19. The van der Waals surface area contributed by atoms with E-state index >= 15 is 0 Å². The van der Waals surface area contributed by atoms with Gasteiger partial charge in [0, 0.05) is 12.1 Å². The van der Waals surface area contributed by atoms with Crippen LogP contribution < -0.4 is 17.0 Å². The lowest BCUT2D eigenvalue weighted by Gasteiger charge is -2.17. The molecule has 1 aromatic rings. The highest BCUT2D eigenvalue weighted by Crippen LogP contribution is 2.16. The Labute approximate surface area is 94.3 Å². The molecule has 5 heteroatoms. The normalized spacial score (nSPS) is 13.0. The Morgan fingerprint density at radius 3 is 2.44 bits per heavy atom. The summed E-state index contributed by atoms with van der Waals surface area (Å²) >= 11 is 0. The molecule has 0 radical (unpaired) electrons. The molecular weight excluding hydrogens is 206 g/mol. The molecular formula is C11H19N3O2. The third kappa shape index (κ3) is 2.98. The molecule has 0 fully saturated rings. The van der Waals surface area contributed by atoms with Crippen molar-refractivity contribution in [2.75, 3.05) is 5.73 Å². The molecule has 0 aliphatic heterocycles. The molecule has 0 aliphatic carbocycles. The Kier molecular flexibility index (Phi) is 3.93. The lowest BCUT2D eigenvalue weighted by molar-refractivity contribution is 0.430. The second kappa shape index (κ2) is 5.01. The minimum Gasteiger partial charge on any atom is -0.385 e. The van der Waals surface area contributed by atoms with Crippen molar-refractivity contribution >= 4 is 5.82 Å². The molecule has 1 atom stereocenters. The standard InChI is InChI=1S/C11H19N3O2/c1-7(2)4-5-8(3)14-9(12)6-10(15)13-11(14)16/h6-8H,4-5,12H2,1-3H3,(H,13,15,16). The van der Waals surface area contributed by atoms with Crippen LogP contribution in [0.15, 0.2) is 15.7 Å². The highest BCUT2D eigenvalue weighted by Gasteiger charge is 2.11. The van der Waals surface area contributed by atoms with Gasteiger partial charge in [-0.3, -0.25) is 14.3 Å². The van der Waals surface area contributed by atoms with Crippen LogP contribution in [0.1, 0.15) is 39.7 Å². The maximum absolute atomic E-state index is 11.6. The van der Waals surface area contributed by atoms with Gasteiger partial charge in [-0.2, -0.15) is 0 Å². The van der Waals surface area contributed by atoms with E-state index in [2.05, 4.69) is 18.8 Å². The number of nitrogen functional groups attached to an aromatic ring is 1. The average Bonchev–Trinajstić information content (AvgIpc) is 2.12. The third-order valence-electron chi connectivity index (χ3n) is 2.61. The van der Waals surface area contributed by atoms with E-state index in [1.807, 2.05) is 6.92 Å². The van der Waals surface area contributed by atoms with Gasteiger partial charge in [-0.05, 0) is 25.7 Å². The molecule has 5 nitrogen and oxygen atoms in total. The molecule has 0 spiro atoms. The summed E-state index contributed by atoms with van der Waals surface area (Å²) in [6.07, 6.45) is 1.89. The first-order valence-corrected chi connectivity index (χ1v) is 5.53. The van der Waals surface area contributed by atoms with Gasteiger partial charge >= 0.3 is 5.69 Å². The summed E-state index contributed by atoms with van der Waals surface area (Å²) < 4.78 is 1.43. The molecule has 0 aromatic carbocycles. The first-order valence-electron chi connectivity index (χ1n) is 5.53. The fraction of sp³-hybridized carbons (Fsp3) is 0.636. The Balaban J connectivity index is 2.95. The maximum Gasteiger partial charge on any atom is 0.330 e. The molecule has 0 saturated heterocycles. The number of nitrogens with two attached hydrogens (primary N) is 1. The lowest BCUT2D eigenvalue weighted by Crippen LogP contribution is -2.33. The molecule has 16 heavy (non-hydrogen) atoms. The van der Waals surface area contributed by atoms with Gasteiger partial charge in [0.25, 0.3) is 5.56 Å². The van der Waals surface area contributed by atoms with Crippen molar-refractivity contribution < 1.29 is 0 Å². The minimum absolute atomic E-state index is 0.00625. The molecule has 1 unspecified atom stereocenters. The number of anilines is 1. The zero-order chi connectivity index (χ0) is 12.3. The zero-order valence-electron chi connectivity index (χ0n) is 9.99. The monoisotopic (exact) mass is 225 g/mol. The molecule has 0 saturated carbocycles. The van der Waals surface area contributed by atoms with E-state index in [1.165, 1.54) is 10.6 Å². The van der Waals surface area contributed by atoms with Crippen molar-refractivity contribution in [3.05, 3.63) is 26.9 Å². The topological polar surface area (TPSA) is 80.9 Å². The molecule has 90 valence electrons. The van der Waals surface area contributed by atoms with Crippen molar-refractivity contribution in [2.45, 2.75) is 39.7 Å². The van der Waals surface area contributed by atoms with Crippen LogP contribution in [0.3, 0.4) is 0 Å². The zero-order valence-corrected chi connectivity index (χ0v) is 9.99. The number of rotatable bonds is 4. The lowest BCUT2D eigenvalue weighted by atomic mass is 10.0. The molecule has 3 N–H and O–H groups in total. The first kappa shape index (κ1) is 12.5. The molecule has 0 bridgehead atoms. The fourth-order valence-corrected chi connectivity index (χ4v) is 1.68.